The lowest BCUT2D eigenvalue weighted by Gasteiger charge is -2.29. The molecule has 0 spiro atoms. The molecule has 0 radical (unpaired) electrons. The van der Waals surface area contributed by atoms with Crippen molar-refractivity contribution in [2.24, 2.45) is 0 Å². The molecule has 0 bridgehead atoms. The van der Waals surface area contributed by atoms with Gasteiger partial charge in [-0.3, -0.25) is 4.79 Å². The number of hydrogen-bond acceptors (Lipinski definition) is 2. The first kappa shape index (κ1) is 12.1. The third-order valence-electron chi connectivity index (χ3n) is 3.47. The summed E-state index contributed by atoms with van der Waals surface area (Å²) in [6.45, 7) is 0. The highest BCUT2D eigenvalue weighted by molar-refractivity contribution is 6.34. The smallest absolute Gasteiger partial charge is 0.232 e. The molecule has 1 aliphatic carbocycles. The zero-order valence-corrected chi connectivity index (χ0v) is 10.9. The number of nitrogens with one attached hydrogen (secondary N) is 1. The van der Waals surface area contributed by atoms with Gasteiger partial charge < -0.3 is 11.1 Å². The van der Waals surface area contributed by atoms with Crippen LogP contribution in [0.2, 0.25) is 5.02 Å². The Bertz CT molecular complexity index is 634. The summed E-state index contributed by atoms with van der Waals surface area (Å²) < 4.78 is 0. The molecule has 1 unspecified atom stereocenters. The quantitative estimate of drug-likeness (QED) is 0.825. The Balaban J connectivity index is 1.81. The molecular formula is C15H13ClN2O. The maximum absolute atomic E-state index is 12.2. The second kappa shape index (κ2) is 4.59. The predicted molar refractivity (Wildman–Crippen MR) is 77.4 cm³/mol. The highest BCUT2D eigenvalue weighted by Gasteiger charge is 2.32. The van der Waals surface area contributed by atoms with Crippen LogP contribution < -0.4 is 11.1 Å². The van der Waals surface area contributed by atoms with E-state index in [1.807, 2.05) is 24.3 Å². The summed E-state index contributed by atoms with van der Waals surface area (Å²) in [6, 6.07) is 13.1. The number of fused-ring (bicyclic) bond motifs is 1. The van der Waals surface area contributed by atoms with Gasteiger partial charge in [0.05, 0.1) is 22.3 Å². The van der Waals surface area contributed by atoms with E-state index in [-0.39, 0.29) is 11.8 Å². The number of nitrogen functional groups attached to an aromatic ring is 1. The molecule has 3 nitrogen and oxygen atoms in total. The van der Waals surface area contributed by atoms with E-state index in [4.69, 9.17) is 17.3 Å². The Hall–Kier alpha value is -2.00. The number of amides is 1. The van der Waals surface area contributed by atoms with Crippen LogP contribution in [0.4, 0.5) is 11.4 Å². The van der Waals surface area contributed by atoms with Gasteiger partial charge in [0, 0.05) is 0 Å². The fourth-order valence-corrected chi connectivity index (χ4v) is 2.60. The van der Waals surface area contributed by atoms with E-state index in [0.717, 1.165) is 12.0 Å². The van der Waals surface area contributed by atoms with E-state index in [1.54, 1.807) is 18.2 Å². The molecule has 0 aromatic heterocycles. The molecule has 96 valence electrons. The SMILES string of the molecule is Nc1cccc(Cl)c1NC(=O)C1Cc2ccccc21. The van der Waals surface area contributed by atoms with Gasteiger partial charge in [-0.05, 0) is 29.7 Å². The topological polar surface area (TPSA) is 55.1 Å². The van der Waals surface area contributed by atoms with Crippen molar-refractivity contribution in [2.45, 2.75) is 12.3 Å². The minimum Gasteiger partial charge on any atom is -0.397 e. The van der Waals surface area contributed by atoms with Crippen LogP contribution in [-0.4, -0.2) is 5.91 Å². The fourth-order valence-electron chi connectivity index (χ4n) is 2.38. The first-order valence-corrected chi connectivity index (χ1v) is 6.47. The first-order chi connectivity index (χ1) is 9.16. The second-order valence-corrected chi connectivity index (χ2v) is 5.06. The average molecular weight is 273 g/mol. The van der Waals surface area contributed by atoms with Crippen molar-refractivity contribution in [3.05, 3.63) is 58.6 Å². The summed E-state index contributed by atoms with van der Waals surface area (Å²) in [5.41, 5.74) is 9.12. The second-order valence-electron chi connectivity index (χ2n) is 4.65. The van der Waals surface area contributed by atoms with Crippen LogP contribution in [0.3, 0.4) is 0 Å². The number of benzene rings is 2. The van der Waals surface area contributed by atoms with Crippen molar-refractivity contribution in [1.29, 1.82) is 0 Å². The molecule has 3 rings (SSSR count). The van der Waals surface area contributed by atoms with Crippen molar-refractivity contribution in [1.82, 2.24) is 0 Å². The summed E-state index contributed by atoms with van der Waals surface area (Å²) in [6.07, 6.45) is 0.770. The van der Waals surface area contributed by atoms with Gasteiger partial charge in [-0.15, -0.1) is 0 Å². The molecule has 3 N–H and O–H groups in total. The lowest BCUT2D eigenvalue weighted by molar-refractivity contribution is -0.118. The van der Waals surface area contributed by atoms with Gasteiger partial charge in [0.15, 0.2) is 0 Å². The number of anilines is 2. The van der Waals surface area contributed by atoms with E-state index >= 15 is 0 Å². The highest BCUT2D eigenvalue weighted by Crippen LogP contribution is 2.37. The Kier molecular flexibility index (Phi) is 2.91. The summed E-state index contributed by atoms with van der Waals surface area (Å²) in [5.74, 6) is -0.162. The van der Waals surface area contributed by atoms with E-state index in [1.165, 1.54) is 5.56 Å². The van der Waals surface area contributed by atoms with Crippen LogP contribution in [0, 0.1) is 0 Å². The van der Waals surface area contributed by atoms with Gasteiger partial charge >= 0.3 is 0 Å². The standard InChI is InChI=1S/C15H13ClN2O/c16-12-6-3-7-13(17)14(12)18-15(19)11-8-9-4-1-2-5-10(9)11/h1-7,11H,8,17H2,(H,18,19). The molecule has 1 aliphatic rings. The van der Waals surface area contributed by atoms with Crippen LogP contribution in [0.25, 0.3) is 0 Å². The highest BCUT2D eigenvalue weighted by atomic mass is 35.5. The molecule has 0 saturated heterocycles. The minimum absolute atomic E-state index is 0.0569. The van der Waals surface area contributed by atoms with Crippen LogP contribution in [0.15, 0.2) is 42.5 Å². The third-order valence-corrected chi connectivity index (χ3v) is 3.78. The molecule has 2 aromatic carbocycles. The minimum atomic E-state index is -0.105. The molecule has 0 aliphatic heterocycles. The van der Waals surface area contributed by atoms with E-state index < -0.39 is 0 Å². The number of rotatable bonds is 2. The number of nitrogens with two attached hydrogens (primary N) is 1. The lowest BCUT2D eigenvalue weighted by atomic mass is 9.77. The number of halogens is 1. The fraction of sp³-hybridized carbons (Fsp3) is 0.133. The predicted octanol–water partition coefficient (Wildman–Crippen LogP) is 3.20. The monoisotopic (exact) mass is 272 g/mol. The van der Waals surface area contributed by atoms with Gasteiger partial charge in [-0.1, -0.05) is 41.9 Å². The van der Waals surface area contributed by atoms with E-state index in [9.17, 15) is 4.79 Å². The molecule has 0 heterocycles. The van der Waals surface area contributed by atoms with Gasteiger partial charge in [-0.25, -0.2) is 0 Å². The third kappa shape index (κ3) is 2.06. The average Bonchev–Trinajstić information content (AvgIpc) is 2.35. The number of para-hydroxylation sites is 1. The Labute approximate surface area is 116 Å². The lowest BCUT2D eigenvalue weighted by Crippen LogP contribution is -2.30. The van der Waals surface area contributed by atoms with Crippen molar-refractivity contribution < 1.29 is 4.79 Å². The molecule has 0 saturated carbocycles. The zero-order chi connectivity index (χ0) is 13.4. The molecule has 0 fully saturated rings. The number of hydrogen-bond donors (Lipinski definition) is 2. The summed E-state index contributed by atoms with van der Waals surface area (Å²) in [7, 11) is 0. The normalized spacial score (nSPS) is 16.4. The molecule has 1 amide bonds. The van der Waals surface area contributed by atoms with Crippen molar-refractivity contribution >= 4 is 28.9 Å². The van der Waals surface area contributed by atoms with Crippen molar-refractivity contribution in [2.75, 3.05) is 11.1 Å². The maximum Gasteiger partial charge on any atom is 0.232 e. The number of carbonyl (C=O) groups excluding carboxylic acids is 1. The Morgan fingerprint density at radius 3 is 2.74 bits per heavy atom. The summed E-state index contributed by atoms with van der Waals surface area (Å²) in [5, 5.41) is 3.28. The first-order valence-electron chi connectivity index (χ1n) is 6.09. The Morgan fingerprint density at radius 1 is 1.21 bits per heavy atom. The van der Waals surface area contributed by atoms with Crippen molar-refractivity contribution in [3.63, 3.8) is 0 Å². The van der Waals surface area contributed by atoms with Crippen LogP contribution in [0.1, 0.15) is 17.0 Å². The van der Waals surface area contributed by atoms with Gasteiger partial charge in [0.2, 0.25) is 5.91 Å². The summed E-state index contributed by atoms with van der Waals surface area (Å²) in [4.78, 5) is 12.2. The molecule has 4 heteroatoms. The van der Waals surface area contributed by atoms with Gasteiger partial charge in [0.1, 0.15) is 0 Å². The largest absolute Gasteiger partial charge is 0.397 e. The van der Waals surface area contributed by atoms with Crippen LogP contribution in [-0.2, 0) is 11.2 Å². The van der Waals surface area contributed by atoms with Gasteiger partial charge in [-0.2, -0.15) is 0 Å². The van der Waals surface area contributed by atoms with E-state index in [2.05, 4.69) is 5.32 Å². The molecule has 1 atom stereocenters. The van der Waals surface area contributed by atoms with Crippen LogP contribution >= 0.6 is 11.6 Å². The number of carbonyl (C=O) groups is 1. The van der Waals surface area contributed by atoms with Gasteiger partial charge in [0.25, 0.3) is 0 Å². The summed E-state index contributed by atoms with van der Waals surface area (Å²) >= 11 is 6.04. The zero-order valence-electron chi connectivity index (χ0n) is 10.2. The van der Waals surface area contributed by atoms with Crippen LogP contribution in [0.5, 0.6) is 0 Å². The van der Waals surface area contributed by atoms with Crippen molar-refractivity contribution in [3.8, 4) is 0 Å². The molecular weight excluding hydrogens is 260 g/mol. The molecule has 2 aromatic rings. The Morgan fingerprint density at radius 2 is 2.00 bits per heavy atom. The molecule has 19 heavy (non-hydrogen) atoms. The maximum atomic E-state index is 12.2. The van der Waals surface area contributed by atoms with E-state index in [0.29, 0.717) is 16.4 Å².